The average Bonchev–Trinajstić information content (AvgIpc) is 2.82. The van der Waals surface area contributed by atoms with Crippen molar-refractivity contribution >= 4 is 0 Å². The monoisotopic (exact) mass is 288 g/mol. The second-order valence-electron chi connectivity index (χ2n) is 4.84. The Balaban J connectivity index is 1.94. The van der Waals surface area contributed by atoms with Gasteiger partial charge in [-0.3, -0.25) is 0 Å². The standard InChI is InChI=1S/C11H16F4O4/c1-5(2)18-6-3-16-9-7(4-17-8(6)9)19-11(14,15)10(12)13/h5-10H,3-4H2,1-2H3. The minimum atomic E-state index is -4.50. The van der Waals surface area contributed by atoms with Crippen molar-refractivity contribution in [3.8, 4) is 0 Å². The zero-order valence-corrected chi connectivity index (χ0v) is 10.5. The van der Waals surface area contributed by atoms with E-state index in [4.69, 9.17) is 14.2 Å². The first-order valence-corrected chi connectivity index (χ1v) is 6.03. The van der Waals surface area contributed by atoms with Crippen molar-refractivity contribution in [2.45, 2.75) is 56.9 Å². The molecule has 4 nitrogen and oxygen atoms in total. The van der Waals surface area contributed by atoms with Gasteiger partial charge in [-0.15, -0.1) is 0 Å². The van der Waals surface area contributed by atoms with Crippen molar-refractivity contribution in [2.75, 3.05) is 13.2 Å². The molecule has 0 aromatic heterocycles. The van der Waals surface area contributed by atoms with Crippen molar-refractivity contribution in [1.29, 1.82) is 0 Å². The van der Waals surface area contributed by atoms with Gasteiger partial charge >= 0.3 is 12.5 Å². The van der Waals surface area contributed by atoms with E-state index in [1.165, 1.54) is 0 Å². The molecule has 8 heteroatoms. The van der Waals surface area contributed by atoms with Gasteiger partial charge in [0.1, 0.15) is 24.4 Å². The van der Waals surface area contributed by atoms with Gasteiger partial charge in [0.05, 0.1) is 19.3 Å². The highest BCUT2D eigenvalue weighted by Crippen LogP contribution is 2.35. The van der Waals surface area contributed by atoms with Crippen molar-refractivity contribution in [3.05, 3.63) is 0 Å². The molecular weight excluding hydrogens is 272 g/mol. The van der Waals surface area contributed by atoms with Gasteiger partial charge in [-0.1, -0.05) is 0 Å². The lowest BCUT2D eigenvalue weighted by atomic mass is 10.1. The Kier molecular flexibility index (Phi) is 4.34. The summed E-state index contributed by atoms with van der Waals surface area (Å²) < 4.78 is 70.0. The van der Waals surface area contributed by atoms with Crippen LogP contribution in [0.3, 0.4) is 0 Å². The second kappa shape index (κ2) is 5.51. The van der Waals surface area contributed by atoms with Gasteiger partial charge < -0.3 is 18.9 Å². The Hall–Kier alpha value is -0.440. The Morgan fingerprint density at radius 3 is 2.11 bits per heavy atom. The van der Waals surface area contributed by atoms with Gasteiger partial charge in [-0.25, -0.2) is 8.78 Å². The third-order valence-corrected chi connectivity index (χ3v) is 2.97. The summed E-state index contributed by atoms with van der Waals surface area (Å²) in [6.45, 7) is 3.60. The largest absolute Gasteiger partial charge is 0.416 e. The molecule has 2 heterocycles. The molecule has 0 aromatic rings. The van der Waals surface area contributed by atoms with Crippen LogP contribution in [0.4, 0.5) is 17.6 Å². The fourth-order valence-electron chi connectivity index (χ4n) is 2.25. The predicted molar refractivity (Wildman–Crippen MR) is 55.3 cm³/mol. The number of rotatable bonds is 5. The molecule has 4 unspecified atom stereocenters. The molecule has 112 valence electrons. The Bertz CT molecular complexity index is 313. The van der Waals surface area contributed by atoms with Crippen LogP contribution < -0.4 is 0 Å². The lowest BCUT2D eigenvalue weighted by Gasteiger charge is -2.22. The van der Waals surface area contributed by atoms with E-state index in [9.17, 15) is 17.6 Å². The molecule has 0 aliphatic carbocycles. The Labute approximate surface area is 107 Å². The number of alkyl halides is 4. The molecule has 2 saturated heterocycles. The van der Waals surface area contributed by atoms with E-state index in [-0.39, 0.29) is 19.3 Å². The maximum absolute atomic E-state index is 12.8. The summed E-state index contributed by atoms with van der Waals surface area (Å²) in [5.41, 5.74) is 0. The zero-order valence-electron chi connectivity index (χ0n) is 10.5. The molecule has 2 rings (SSSR count). The number of halogens is 4. The highest BCUT2D eigenvalue weighted by Gasteiger charge is 2.54. The quantitative estimate of drug-likeness (QED) is 0.723. The minimum Gasteiger partial charge on any atom is -0.370 e. The summed E-state index contributed by atoms with van der Waals surface area (Å²) in [6, 6.07) is 0. The van der Waals surface area contributed by atoms with Crippen molar-refractivity contribution in [3.63, 3.8) is 0 Å². The van der Waals surface area contributed by atoms with Crippen molar-refractivity contribution in [1.82, 2.24) is 0 Å². The van der Waals surface area contributed by atoms with E-state index in [1.54, 1.807) is 0 Å². The lowest BCUT2D eigenvalue weighted by Crippen LogP contribution is -2.41. The summed E-state index contributed by atoms with van der Waals surface area (Å²) in [7, 11) is 0. The summed E-state index contributed by atoms with van der Waals surface area (Å²) in [4.78, 5) is 0. The highest BCUT2D eigenvalue weighted by atomic mass is 19.3. The van der Waals surface area contributed by atoms with E-state index in [2.05, 4.69) is 4.74 Å². The second-order valence-corrected chi connectivity index (χ2v) is 4.84. The zero-order chi connectivity index (χ0) is 14.2. The SMILES string of the molecule is CC(C)OC1COC2C(OC(F)(F)C(F)F)COC12. The van der Waals surface area contributed by atoms with Crippen LogP contribution in [0.2, 0.25) is 0 Å². The van der Waals surface area contributed by atoms with Crippen LogP contribution in [0.15, 0.2) is 0 Å². The molecule has 0 radical (unpaired) electrons. The number of hydrogen-bond acceptors (Lipinski definition) is 4. The molecule has 2 aliphatic rings. The smallest absolute Gasteiger partial charge is 0.370 e. The maximum atomic E-state index is 12.8. The summed E-state index contributed by atoms with van der Waals surface area (Å²) >= 11 is 0. The van der Waals surface area contributed by atoms with E-state index in [0.717, 1.165) is 0 Å². The van der Waals surface area contributed by atoms with Crippen LogP contribution in [0, 0.1) is 0 Å². The van der Waals surface area contributed by atoms with Gasteiger partial charge in [0.15, 0.2) is 0 Å². The van der Waals surface area contributed by atoms with Crippen LogP contribution in [0.5, 0.6) is 0 Å². The van der Waals surface area contributed by atoms with Crippen LogP contribution in [0.1, 0.15) is 13.8 Å². The average molecular weight is 288 g/mol. The highest BCUT2D eigenvalue weighted by molar-refractivity contribution is 4.96. The molecule has 2 aliphatic heterocycles. The number of ether oxygens (including phenoxy) is 4. The molecule has 0 saturated carbocycles. The molecule has 0 bridgehead atoms. The fourth-order valence-corrected chi connectivity index (χ4v) is 2.25. The maximum Gasteiger partial charge on any atom is 0.416 e. The first-order valence-electron chi connectivity index (χ1n) is 6.03. The van der Waals surface area contributed by atoms with Crippen LogP contribution in [0.25, 0.3) is 0 Å². The Morgan fingerprint density at radius 1 is 1.05 bits per heavy atom. The lowest BCUT2D eigenvalue weighted by molar-refractivity contribution is -0.324. The molecular formula is C11H16F4O4. The van der Waals surface area contributed by atoms with Crippen molar-refractivity contribution < 1.29 is 36.5 Å². The third-order valence-electron chi connectivity index (χ3n) is 2.97. The first kappa shape index (κ1) is 15.0. The molecule has 0 spiro atoms. The number of fused-ring (bicyclic) bond motifs is 1. The van der Waals surface area contributed by atoms with Crippen LogP contribution in [-0.4, -0.2) is 56.3 Å². The molecule has 19 heavy (non-hydrogen) atoms. The van der Waals surface area contributed by atoms with Crippen LogP contribution >= 0.6 is 0 Å². The van der Waals surface area contributed by atoms with Crippen molar-refractivity contribution in [2.24, 2.45) is 0 Å². The van der Waals surface area contributed by atoms with Gasteiger partial charge in [-0.05, 0) is 13.8 Å². The van der Waals surface area contributed by atoms with E-state index in [1.807, 2.05) is 13.8 Å². The molecule has 0 aromatic carbocycles. The fraction of sp³-hybridized carbons (Fsp3) is 1.00. The number of hydrogen-bond donors (Lipinski definition) is 0. The molecule has 0 N–H and O–H groups in total. The predicted octanol–water partition coefficient (Wildman–Crippen LogP) is 1.82. The van der Waals surface area contributed by atoms with E-state index in [0.29, 0.717) is 0 Å². The first-order chi connectivity index (χ1) is 8.81. The van der Waals surface area contributed by atoms with Gasteiger partial charge in [-0.2, -0.15) is 8.78 Å². The summed E-state index contributed by atoms with van der Waals surface area (Å²) in [6.07, 6.45) is -11.4. The van der Waals surface area contributed by atoms with E-state index >= 15 is 0 Å². The Morgan fingerprint density at radius 2 is 1.58 bits per heavy atom. The van der Waals surface area contributed by atoms with Gasteiger partial charge in [0.25, 0.3) is 0 Å². The summed E-state index contributed by atoms with van der Waals surface area (Å²) in [5.74, 6) is 0. The molecule has 0 amide bonds. The molecule has 2 fully saturated rings. The van der Waals surface area contributed by atoms with Gasteiger partial charge in [0.2, 0.25) is 0 Å². The van der Waals surface area contributed by atoms with E-state index < -0.39 is 36.9 Å². The van der Waals surface area contributed by atoms with Gasteiger partial charge in [0, 0.05) is 0 Å². The normalized spacial score (nSPS) is 35.4. The third kappa shape index (κ3) is 3.18. The summed E-state index contributed by atoms with van der Waals surface area (Å²) in [5, 5.41) is 0. The van der Waals surface area contributed by atoms with Crippen LogP contribution in [-0.2, 0) is 18.9 Å². The molecule has 4 atom stereocenters. The topological polar surface area (TPSA) is 36.9 Å². The minimum absolute atomic E-state index is 0.0709.